The number of benzene rings is 3. The third-order valence-electron chi connectivity index (χ3n) is 6.61. The van der Waals surface area contributed by atoms with E-state index in [4.69, 9.17) is 18.9 Å². The molecule has 2 aliphatic rings. The van der Waals surface area contributed by atoms with E-state index in [-0.39, 0.29) is 30.0 Å². The van der Waals surface area contributed by atoms with Crippen molar-refractivity contribution in [1.82, 2.24) is 0 Å². The molecule has 0 saturated heterocycles. The molecule has 5 rings (SSSR count). The number of rotatable bonds is 5. The molecule has 34 heavy (non-hydrogen) atoms. The van der Waals surface area contributed by atoms with Gasteiger partial charge in [0.2, 0.25) is 0 Å². The lowest BCUT2D eigenvalue weighted by atomic mass is 9.78. The molecule has 0 fully saturated rings. The normalized spacial score (nSPS) is 17.7. The Morgan fingerprint density at radius 3 is 2.56 bits per heavy atom. The first-order valence-corrected chi connectivity index (χ1v) is 11.1. The maximum Gasteiger partial charge on any atom is 0.302 e. The van der Waals surface area contributed by atoms with E-state index >= 15 is 0 Å². The Morgan fingerprint density at radius 2 is 1.82 bits per heavy atom. The van der Waals surface area contributed by atoms with E-state index in [1.54, 1.807) is 37.4 Å². The molecule has 2 N–H and O–H groups in total. The molecule has 1 aliphatic carbocycles. The van der Waals surface area contributed by atoms with Gasteiger partial charge in [-0.05, 0) is 59.4 Å². The van der Waals surface area contributed by atoms with E-state index in [2.05, 4.69) is 0 Å². The van der Waals surface area contributed by atoms with Crippen LogP contribution >= 0.6 is 0 Å². The summed E-state index contributed by atoms with van der Waals surface area (Å²) in [5.74, 6) is 1.38. The Labute approximate surface area is 197 Å². The number of fused-ring (bicyclic) bond motifs is 5. The summed E-state index contributed by atoms with van der Waals surface area (Å²) in [6.07, 6.45) is 1.05. The van der Waals surface area contributed by atoms with Crippen LogP contribution in [0.25, 0.3) is 11.1 Å². The summed E-state index contributed by atoms with van der Waals surface area (Å²) in [6.45, 7) is 1.54. The van der Waals surface area contributed by atoms with Crippen LogP contribution in [0.5, 0.6) is 28.7 Å². The first-order valence-electron chi connectivity index (χ1n) is 11.1. The van der Waals surface area contributed by atoms with E-state index in [1.165, 1.54) is 14.0 Å². The molecule has 3 aromatic rings. The van der Waals surface area contributed by atoms with Crippen molar-refractivity contribution in [3.05, 3.63) is 64.7 Å². The second-order valence-corrected chi connectivity index (χ2v) is 8.56. The molecule has 0 aromatic heterocycles. The summed E-state index contributed by atoms with van der Waals surface area (Å²) < 4.78 is 23.0. The maximum atomic E-state index is 11.7. The van der Waals surface area contributed by atoms with Crippen molar-refractivity contribution >= 4 is 5.97 Å². The zero-order valence-corrected chi connectivity index (χ0v) is 19.3. The average Bonchev–Trinajstić information content (AvgIpc) is 3.20. The topological polar surface area (TPSA) is 94.5 Å². The number of phenols is 2. The summed E-state index contributed by atoms with van der Waals surface area (Å²) in [6, 6.07) is 12.4. The first-order chi connectivity index (χ1) is 16.4. The predicted octanol–water partition coefficient (Wildman–Crippen LogP) is 4.66. The Bertz CT molecular complexity index is 1280. The lowest BCUT2D eigenvalue weighted by Gasteiger charge is -2.26. The second-order valence-electron chi connectivity index (χ2n) is 8.56. The van der Waals surface area contributed by atoms with Crippen LogP contribution in [0.15, 0.2) is 42.5 Å². The van der Waals surface area contributed by atoms with Gasteiger partial charge in [0.1, 0.15) is 30.0 Å². The number of carbonyl (C=O) groups is 1. The van der Waals surface area contributed by atoms with Crippen LogP contribution in [-0.2, 0) is 22.4 Å². The quantitative estimate of drug-likeness (QED) is 0.533. The van der Waals surface area contributed by atoms with Crippen molar-refractivity contribution in [3.63, 3.8) is 0 Å². The van der Waals surface area contributed by atoms with Gasteiger partial charge in [0.05, 0.1) is 20.1 Å². The molecule has 0 amide bonds. The van der Waals surface area contributed by atoms with Gasteiger partial charge in [-0.25, -0.2) is 0 Å². The number of hydrogen-bond donors (Lipinski definition) is 2. The fourth-order valence-electron chi connectivity index (χ4n) is 5.13. The van der Waals surface area contributed by atoms with E-state index in [1.807, 2.05) is 12.1 Å². The van der Waals surface area contributed by atoms with Gasteiger partial charge in [0.25, 0.3) is 0 Å². The van der Waals surface area contributed by atoms with Crippen LogP contribution in [0.4, 0.5) is 0 Å². The van der Waals surface area contributed by atoms with Gasteiger partial charge < -0.3 is 29.2 Å². The Hall–Kier alpha value is -3.87. The van der Waals surface area contributed by atoms with Crippen molar-refractivity contribution in [1.29, 1.82) is 0 Å². The van der Waals surface area contributed by atoms with Crippen LogP contribution in [0.3, 0.4) is 0 Å². The smallest absolute Gasteiger partial charge is 0.302 e. The minimum Gasteiger partial charge on any atom is -0.508 e. The third kappa shape index (κ3) is 3.57. The lowest BCUT2D eigenvalue weighted by Crippen LogP contribution is -2.18. The molecule has 0 radical (unpaired) electrons. The minimum atomic E-state index is -0.443. The van der Waals surface area contributed by atoms with Crippen LogP contribution in [0.1, 0.15) is 41.2 Å². The molecular formula is C27H26O7. The van der Waals surface area contributed by atoms with Crippen molar-refractivity contribution < 1.29 is 34.0 Å². The number of esters is 1. The SMILES string of the molecule is COc1cc(C2Oc3cc(OC)c4c(c3C2COC(C)=O)CCc2cc(O)ccc2-4)ccc1O. The second kappa shape index (κ2) is 8.48. The lowest BCUT2D eigenvalue weighted by molar-refractivity contribution is -0.141. The number of aromatic hydroxyl groups is 2. The number of methoxy groups -OCH3 is 2. The van der Waals surface area contributed by atoms with Crippen molar-refractivity contribution in [3.8, 4) is 39.9 Å². The fourth-order valence-corrected chi connectivity index (χ4v) is 5.13. The number of carbonyl (C=O) groups excluding carboxylic acids is 1. The molecule has 3 aromatic carbocycles. The van der Waals surface area contributed by atoms with Crippen molar-refractivity contribution in [2.45, 2.75) is 31.8 Å². The highest BCUT2D eigenvalue weighted by molar-refractivity contribution is 5.82. The van der Waals surface area contributed by atoms with Gasteiger partial charge >= 0.3 is 5.97 Å². The summed E-state index contributed by atoms with van der Waals surface area (Å²) in [5, 5.41) is 20.0. The first kappa shape index (κ1) is 21.9. The highest BCUT2D eigenvalue weighted by Gasteiger charge is 2.41. The van der Waals surface area contributed by atoms with E-state index in [9.17, 15) is 15.0 Å². The number of hydrogen-bond acceptors (Lipinski definition) is 7. The molecule has 1 aliphatic heterocycles. The highest BCUT2D eigenvalue weighted by Crippen LogP contribution is 2.55. The zero-order valence-electron chi connectivity index (χ0n) is 19.3. The summed E-state index contributed by atoms with van der Waals surface area (Å²) in [7, 11) is 3.13. The Morgan fingerprint density at radius 1 is 1.03 bits per heavy atom. The number of aryl methyl sites for hydroxylation is 1. The average molecular weight is 462 g/mol. The van der Waals surface area contributed by atoms with E-state index in [0.29, 0.717) is 17.2 Å². The molecule has 0 spiro atoms. The summed E-state index contributed by atoms with van der Waals surface area (Å²) in [4.78, 5) is 11.7. The maximum absolute atomic E-state index is 11.7. The molecule has 0 bridgehead atoms. The van der Waals surface area contributed by atoms with Gasteiger partial charge in [-0.15, -0.1) is 0 Å². The van der Waals surface area contributed by atoms with Gasteiger partial charge in [-0.1, -0.05) is 12.1 Å². The highest BCUT2D eigenvalue weighted by atomic mass is 16.5. The standard InChI is InChI=1S/C27H26O7/c1-14(28)33-13-20-26-19-7-4-15-10-17(29)6-8-18(15)25(19)23(32-3)12-24(26)34-27(20)16-5-9-21(30)22(11-16)31-2/h5-6,8-12,20,27,29-30H,4,7,13H2,1-3H3. The molecular weight excluding hydrogens is 436 g/mol. The van der Waals surface area contributed by atoms with Gasteiger partial charge in [0.15, 0.2) is 11.5 Å². The fraction of sp³-hybridized carbons (Fsp3) is 0.296. The third-order valence-corrected chi connectivity index (χ3v) is 6.61. The molecule has 176 valence electrons. The van der Waals surface area contributed by atoms with E-state index in [0.717, 1.165) is 46.2 Å². The van der Waals surface area contributed by atoms with E-state index < -0.39 is 6.10 Å². The van der Waals surface area contributed by atoms with Gasteiger partial charge in [-0.3, -0.25) is 4.79 Å². The Balaban J connectivity index is 1.67. The molecule has 1 heterocycles. The minimum absolute atomic E-state index is 0.0391. The number of phenolic OH excluding ortho intramolecular Hbond substituents is 2. The molecule has 7 heteroatoms. The molecule has 2 atom stereocenters. The zero-order chi connectivity index (χ0) is 24.0. The van der Waals surface area contributed by atoms with Crippen LogP contribution in [0.2, 0.25) is 0 Å². The monoisotopic (exact) mass is 462 g/mol. The largest absolute Gasteiger partial charge is 0.508 e. The van der Waals surface area contributed by atoms with Crippen LogP contribution in [0, 0.1) is 0 Å². The van der Waals surface area contributed by atoms with Crippen molar-refractivity contribution in [2.24, 2.45) is 0 Å². The molecule has 0 saturated carbocycles. The molecule has 2 unspecified atom stereocenters. The van der Waals surface area contributed by atoms with Gasteiger partial charge in [0, 0.05) is 24.1 Å². The summed E-state index contributed by atoms with van der Waals surface area (Å²) >= 11 is 0. The van der Waals surface area contributed by atoms with Crippen LogP contribution in [-0.4, -0.2) is 37.0 Å². The van der Waals surface area contributed by atoms with Gasteiger partial charge in [-0.2, -0.15) is 0 Å². The molecule has 7 nitrogen and oxygen atoms in total. The predicted molar refractivity (Wildman–Crippen MR) is 125 cm³/mol. The van der Waals surface area contributed by atoms with Crippen molar-refractivity contribution in [2.75, 3.05) is 20.8 Å². The summed E-state index contributed by atoms with van der Waals surface area (Å²) in [5.41, 5.74) is 5.94. The Kier molecular flexibility index (Phi) is 5.48. The van der Waals surface area contributed by atoms with Crippen LogP contribution < -0.4 is 14.2 Å². The number of ether oxygens (including phenoxy) is 4.